The molecule has 1 amide bonds. The second-order valence-electron chi connectivity index (χ2n) is 6.84. The maximum Gasteiger partial charge on any atom is 0.229 e. The highest BCUT2D eigenvalue weighted by molar-refractivity contribution is 7.13. The lowest BCUT2D eigenvalue weighted by Gasteiger charge is -2.11. The Morgan fingerprint density at radius 2 is 1.94 bits per heavy atom. The third kappa shape index (κ3) is 4.92. The van der Waals surface area contributed by atoms with E-state index in [9.17, 15) is 13.6 Å². The van der Waals surface area contributed by atoms with Gasteiger partial charge in [-0.25, -0.2) is 18.7 Å². The lowest BCUT2D eigenvalue weighted by Crippen LogP contribution is -2.14. The van der Waals surface area contributed by atoms with E-state index in [0.717, 1.165) is 22.6 Å². The van der Waals surface area contributed by atoms with Crippen LogP contribution >= 0.6 is 11.3 Å². The van der Waals surface area contributed by atoms with Gasteiger partial charge in [-0.15, -0.1) is 11.3 Å². The zero-order valence-electron chi connectivity index (χ0n) is 16.3. The van der Waals surface area contributed by atoms with E-state index >= 15 is 0 Å². The molecule has 3 N–H and O–H groups in total. The zero-order chi connectivity index (χ0) is 21.8. The van der Waals surface area contributed by atoms with Gasteiger partial charge < -0.3 is 11.1 Å². The Labute approximate surface area is 181 Å². The molecule has 0 aliphatic heterocycles. The number of carbonyl (C=O) groups is 1. The minimum absolute atomic E-state index is 0.111. The van der Waals surface area contributed by atoms with E-state index in [2.05, 4.69) is 10.3 Å². The van der Waals surface area contributed by atoms with Gasteiger partial charge in [-0.2, -0.15) is 0 Å². The number of nitrogens with one attached hydrogen (secondary N) is 1. The molecule has 31 heavy (non-hydrogen) atoms. The number of nitrogens with zero attached hydrogens (tertiary/aromatic N) is 2. The van der Waals surface area contributed by atoms with E-state index in [4.69, 9.17) is 10.7 Å². The second kappa shape index (κ2) is 9.01. The van der Waals surface area contributed by atoms with Crippen LogP contribution in [-0.4, -0.2) is 15.9 Å². The van der Waals surface area contributed by atoms with Gasteiger partial charge in [0, 0.05) is 11.3 Å². The average Bonchev–Trinajstić information content (AvgIpc) is 3.24. The molecule has 0 fully saturated rings. The van der Waals surface area contributed by atoms with E-state index in [1.54, 1.807) is 24.4 Å². The fraction of sp³-hybridized carbons (Fsp3) is 0.0870. The SMILES string of the molecule is Nc1ccc(-c2cnc(NC(=O)CC3=CCC=C(F)C(F)=C3)c(-c3cccs3)n2)cc1. The van der Waals surface area contributed by atoms with Gasteiger partial charge >= 0.3 is 0 Å². The van der Waals surface area contributed by atoms with Crippen LogP contribution in [0, 0.1) is 0 Å². The number of thiophene rings is 1. The van der Waals surface area contributed by atoms with Gasteiger partial charge in [-0.3, -0.25) is 4.79 Å². The molecule has 1 aliphatic rings. The first-order valence-electron chi connectivity index (χ1n) is 9.48. The number of halogens is 2. The molecule has 0 atom stereocenters. The summed E-state index contributed by atoms with van der Waals surface area (Å²) < 4.78 is 27.0. The van der Waals surface area contributed by atoms with Crippen LogP contribution in [0.3, 0.4) is 0 Å². The maximum absolute atomic E-state index is 13.7. The Balaban J connectivity index is 1.60. The topological polar surface area (TPSA) is 80.9 Å². The molecule has 2 aromatic heterocycles. The molecular formula is C23H18F2N4OS. The minimum atomic E-state index is -0.983. The monoisotopic (exact) mass is 436 g/mol. The van der Waals surface area contributed by atoms with E-state index in [1.165, 1.54) is 11.3 Å². The molecule has 0 radical (unpaired) electrons. The molecule has 0 spiro atoms. The van der Waals surface area contributed by atoms with Gasteiger partial charge in [0.05, 0.1) is 23.2 Å². The minimum Gasteiger partial charge on any atom is -0.399 e. The average molecular weight is 436 g/mol. The molecule has 156 valence electrons. The van der Waals surface area contributed by atoms with Crippen molar-refractivity contribution in [3.8, 4) is 21.8 Å². The van der Waals surface area contributed by atoms with Gasteiger partial charge in [0.15, 0.2) is 17.5 Å². The van der Waals surface area contributed by atoms with Gasteiger partial charge in [0.1, 0.15) is 5.69 Å². The third-order valence-electron chi connectivity index (χ3n) is 4.57. The normalized spacial score (nSPS) is 13.7. The summed E-state index contributed by atoms with van der Waals surface area (Å²) in [5, 5.41) is 4.66. The quantitative estimate of drug-likeness (QED) is 0.494. The van der Waals surface area contributed by atoms with Crippen LogP contribution in [0.5, 0.6) is 0 Å². The molecule has 3 aromatic rings. The molecule has 8 heteroatoms. The van der Waals surface area contributed by atoms with Crippen molar-refractivity contribution in [3.05, 3.63) is 83.4 Å². The summed E-state index contributed by atoms with van der Waals surface area (Å²) in [5.74, 6) is -2.00. The number of carbonyl (C=O) groups excluding carboxylic acids is 1. The van der Waals surface area contributed by atoms with Crippen LogP contribution in [0.1, 0.15) is 12.8 Å². The van der Waals surface area contributed by atoms with E-state index in [1.807, 2.05) is 29.6 Å². The Bertz CT molecular complexity index is 1200. The lowest BCUT2D eigenvalue weighted by molar-refractivity contribution is -0.115. The van der Waals surface area contributed by atoms with Gasteiger partial charge in [0.2, 0.25) is 5.91 Å². The second-order valence-corrected chi connectivity index (χ2v) is 7.78. The smallest absolute Gasteiger partial charge is 0.229 e. The highest BCUT2D eigenvalue weighted by atomic mass is 32.1. The summed E-state index contributed by atoms with van der Waals surface area (Å²) in [6.45, 7) is 0. The number of amides is 1. The van der Waals surface area contributed by atoms with Crippen LogP contribution in [0.25, 0.3) is 21.8 Å². The fourth-order valence-electron chi connectivity index (χ4n) is 3.05. The van der Waals surface area contributed by atoms with Crippen molar-refractivity contribution in [1.29, 1.82) is 0 Å². The number of aromatic nitrogens is 2. The summed E-state index contributed by atoms with van der Waals surface area (Å²) >= 11 is 1.47. The van der Waals surface area contributed by atoms with Gasteiger partial charge in [-0.1, -0.05) is 24.3 Å². The van der Waals surface area contributed by atoms with E-state index < -0.39 is 17.6 Å². The molecule has 4 rings (SSSR count). The van der Waals surface area contributed by atoms with E-state index in [-0.39, 0.29) is 12.8 Å². The lowest BCUT2D eigenvalue weighted by atomic mass is 10.1. The molecule has 5 nitrogen and oxygen atoms in total. The van der Waals surface area contributed by atoms with Gasteiger partial charge in [-0.05, 0) is 47.7 Å². The van der Waals surface area contributed by atoms with Crippen molar-refractivity contribution in [2.45, 2.75) is 12.8 Å². The van der Waals surface area contributed by atoms with Crippen molar-refractivity contribution < 1.29 is 13.6 Å². The number of anilines is 2. The summed E-state index contributed by atoms with van der Waals surface area (Å²) in [4.78, 5) is 22.6. The van der Waals surface area contributed by atoms with Crippen molar-refractivity contribution >= 4 is 28.7 Å². The van der Waals surface area contributed by atoms with Gasteiger partial charge in [0.25, 0.3) is 0 Å². The maximum atomic E-state index is 13.7. The highest BCUT2D eigenvalue weighted by Gasteiger charge is 2.16. The number of hydrogen-bond donors (Lipinski definition) is 2. The predicted octanol–water partition coefficient (Wildman–Crippen LogP) is 5.82. The summed E-state index contributed by atoms with van der Waals surface area (Å²) in [7, 11) is 0. The molecule has 2 heterocycles. The fourth-order valence-corrected chi connectivity index (χ4v) is 3.76. The number of benzene rings is 1. The Morgan fingerprint density at radius 3 is 2.68 bits per heavy atom. The molecular weight excluding hydrogens is 418 g/mol. The van der Waals surface area contributed by atoms with Crippen molar-refractivity contribution in [2.75, 3.05) is 11.1 Å². The van der Waals surface area contributed by atoms with Crippen LogP contribution in [-0.2, 0) is 4.79 Å². The molecule has 0 unspecified atom stereocenters. The van der Waals surface area contributed by atoms with Crippen LogP contribution < -0.4 is 11.1 Å². The Kier molecular flexibility index (Phi) is 5.99. The van der Waals surface area contributed by atoms with Crippen molar-refractivity contribution in [1.82, 2.24) is 9.97 Å². The van der Waals surface area contributed by atoms with Crippen LogP contribution in [0.15, 0.2) is 83.4 Å². The predicted molar refractivity (Wildman–Crippen MR) is 120 cm³/mol. The van der Waals surface area contributed by atoms with E-state index in [0.29, 0.717) is 28.5 Å². The highest BCUT2D eigenvalue weighted by Crippen LogP contribution is 2.31. The first kappa shape index (κ1) is 20.6. The summed E-state index contributed by atoms with van der Waals surface area (Å²) in [5.41, 5.74) is 8.80. The van der Waals surface area contributed by atoms with Crippen molar-refractivity contribution in [3.63, 3.8) is 0 Å². The number of hydrogen-bond acceptors (Lipinski definition) is 5. The number of nitrogens with two attached hydrogens (primary N) is 1. The number of allylic oxidation sites excluding steroid dienone is 5. The zero-order valence-corrected chi connectivity index (χ0v) is 17.1. The Hall–Kier alpha value is -3.65. The van der Waals surface area contributed by atoms with Crippen molar-refractivity contribution in [2.24, 2.45) is 0 Å². The standard InChI is InChI=1S/C23H18F2N4OS/c24-17-4-1-3-14(11-18(17)25)12-21(30)29-23-22(20-5-2-10-31-20)28-19(13-27-23)15-6-8-16(26)9-7-15/h2-11,13H,1,12,26H2,(H,27,29,30). The number of nitrogen functional groups attached to an aromatic ring is 1. The first-order chi connectivity index (χ1) is 15.0. The molecule has 1 aliphatic carbocycles. The third-order valence-corrected chi connectivity index (χ3v) is 5.45. The van der Waals surface area contributed by atoms with Crippen LogP contribution in [0.4, 0.5) is 20.3 Å². The molecule has 0 saturated carbocycles. The molecule has 0 saturated heterocycles. The first-order valence-corrected chi connectivity index (χ1v) is 10.4. The summed E-state index contributed by atoms with van der Waals surface area (Å²) in [6, 6.07) is 11.0. The number of rotatable bonds is 5. The molecule has 0 bridgehead atoms. The molecule has 1 aromatic carbocycles. The van der Waals surface area contributed by atoms with Crippen LogP contribution in [0.2, 0.25) is 0 Å². The summed E-state index contributed by atoms with van der Waals surface area (Å²) in [6.07, 6.45) is 5.46. The Morgan fingerprint density at radius 1 is 1.13 bits per heavy atom. The largest absolute Gasteiger partial charge is 0.399 e.